The molecule has 0 aliphatic heterocycles. The Balaban J connectivity index is 1.58. The molecule has 3 aliphatic rings. The van der Waals surface area contributed by atoms with E-state index in [1.165, 1.54) is 19.3 Å². The maximum Gasteiger partial charge on any atom is 0.223 e. The zero-order chi connectivity index (χ0) is 12.2. The minimum absolute atomic E-state index is 0.293. The number of rotatable bonds is 4. The van der Waals surface area contributed by atoms with Gasteiger partial charge in [-0.1, -0.05) is 29.8 Å². The quantitative estimate of drug-likeness (QED) is 0.795. The van der Waals surface area contributed by atoms with E-state index in [2.05, 4.69) is 35.1 Å². The second-order valence-corrected chi connectivity index (χ2v) is 7.17. The van der Waals surface area contributed by atoms with Crippen LogP contribution in [0.2, 0.25) is 0 Å². The van der Waals surface area contributed by atoms with Gasteiger partial charge in [-0.05, 0) is 48.9 Å². The Kier molecular flexibility index (Phi) is 3.00. The van der Waals surface area contributed by atoms with Crippen LogP contribution in [0.5, 0.6) is 0 Å². The van der Waals surface area contributed by atoms with Crippen molar-refractivity contribution in [2.75, 3.05) is 5.33 Å². The first-order valence-corrected chi connectivity index (χ1v) is 8.12. The Morgan fingerprint density at radius 3 is 2.35 bits per heavy atom. The number of hydrogen-bond acceptors (Lipinski definition) is 1. The number of halogens is 1. The van der Waals surface area contributed by atoms with Crippen LogP contribution < -0.4 is 5.32 Å². The highest BCUT2D eigenvalue weighted by molar-refractivity contribution is 9.09. The fourth-order valence-corrected chi connectivity index (χ4v) is 5.25. The molecule has 1 N–H and O–H groups in total. The molecule has 2 nitrogen and oxygen atoms in total. The van der Waals surface area contributed by atoms with Crippen molar-refractivity contribution in [1.82, 2.24) is 5.32 Å². The number of hydrogen-bond donors (Lipinski definition) is 1. The summed E-state index contributed by atoms with van der Waals surface area (Å²) in [6, 6.07) is 0.293. The molecule has 0 aromatic heterocycles. The summed E-state index contributed by atoms with van der Waals surface area (Å²) >= 11 is 3.50. The molecule has 2 bridgehead atoms. The summed E-state index contributed by atoms with van der Waals surface area (Å²) in [7, 11) is 0. The first-order valence-electron chi connectivity index (χ1n) is 6.99. The third-order valence-corrected chi connectivity index (χ3v) is 6.03. The van der Waals surface area contributed by atoms with Gasteiger partial charge in [0.1, 0.15) is 0 Å². The van der Waals surface area contributed by atoms with Gasteiger partial charge in [0.25, 0.3) is 0 Å². The SMILES string of the molecule is CC(C)C(CBr)NC(=O)C1C2C3CCC(C3)C12. The van der Waals surface area contributed by atoms with Gasteiger partial charge in [0.15, 0.2) is 0 Å². The van der Waals surface area contributed by atoms with Crippen LogP contribution in [0.4, 0.5) is 0 Å². The fraction of sp³-hybridized carbons (Fsp3) is 0.929. The first-order chi connectivity index (χ1) is 8.13. The van der Waals surface area contributed by atoms with Crippen LogP contribution in [-0.2, 0) is 4.79 Å². The van der Waals surface area contributed by atoms with E-state index in [0.717, 1.165) is 29.0 Å². The molecule has 5 unspecified atom stereocenters. The van der Waals surface area contributed by atoms with Gasteiger partial charge in [-0.3, -0.25) is 4.79 Å². The average molecular weight is 300 g/mol. The third kappa shape index (κ3) is 1.85. The van der Waals surface area contributed by atoms with E-state index in [1.807, 2.05) is 0 Å². The summed E-state index contributed by atoms with van der Waals surface area (Å²) in [4.78, 5) is 12.3. The molecule has 5 atom stereocenters. The van der Waals surface area contributed by atoms with Gasteiger partial charge < -0.3 is 5.32 Å². The summed E-state index contributed by atoms with van der Waals surface area (Å²) in [5.74, 6) is 4.53. The zero-order valence-corrected chi connectivity index (χ0v) is 12.2. The van der Waals surface area contributed by atoms with Crippen molar-refractivity contribution >= 4 is 21.8 Å². The third-order valence-electron chi connectivity index (χ3n) is 5.34. The Morgan fingerprint density at radius 2 is 1.88 bits per heavy atom. The molecule has 0 heterocycles. The van der Waals surface area contributed by atoms with Crippen LogP contribution in [0.1, 0.15) is 33.1 Å². The van der Waals surface area contributed by atoms with E-state index in [9.17, 15) is 4.79 Å². The minimum atomic E-state index is 0.293. The molecule has 17 heavy (non-hydrogen) atoms. The molecule has 3 saturated carbocycles. The van der Waals surface area contributed by atoms with Gasteiger partial charge in [-0.2, -0.15) is 0 Å². The largest absolute Gasteiger partial charge is 0.352 e. The van der Waals surface area contributed by atoms with Crippen LogP contribution in [0, 0.1) is 35.5 Å². The zero-order valence-electron chi connectivity index (χ0n) is 10.7. The van der Waals surface area contributed by atoms with E-state index in [-0.39, 0.29) is 0 Å². The maximum atomic E-state index is 12.3. The maximum absolute atomic E-state index is 12.3. The monoisotopic (exact) mass is 299 g/mol. The molecule has 3 rings (SSSR count). The van der Waals surface area contributed by atoms with E-state index < -0.39 is 0 Å². The Hall–Kier alpha value is -0.0500. The van der Waals surface area contributed by atoms with Crippen molar-refractivity contribution < 1.29 is 4.79 Å². The Bertz CT molecular complexity index is 314. The number of fused-ring (bicyclic) bond motifs is 5. The van der Waals surface area contributed by atoms with E-state index in [0.29, 0.717) is 23.8 Å². The van der Waals surface area contributed by atoms with Crippen molar-refractivity contribution in [3.63, 3.8) is 0 Å². The normalized spacial score (nSPS) is 43.6. The van der Waals surface area contributed by atoms with Crippen LogP contribution in [0.15, 0.2) is 0 Å². The highest BCUT2D eigenvalue weighted by Gasteiger charge is 2.67. The van der Waals surface area contributed by atoms with E-state index in [1.54, 1.807) is 0 Å². The van der Waals surface area contributed by atoms with Gasteiger partial charge in [-0.15, -0.1) is 0 Å². The number of nitrogens with one attached hydrogen (secondary N) is 1. The number of carbonyl (C=O) groups excluding carboxylic acids is 1. The molecule has 0 aromatic carbocycles. The molecule has 0 aromatic rings. The van der Waals surface area contributed by atoms with Gasteiger partial charge in [0.2, 0.25) is 5.91 Å². The van der Waals surface area contributed by atoms with Crippen LogP contribution >= 0.6 is 15.9 Å². The first kappa shape index (κ1) is 12.0. The number of carbonyl (C=O) groups is 1. The Labute approximate surface area is 112 Å². The molecular weight excluding hydrogens is 278 g/mol. The summed E-state index contributed by atoms with van der Waals surface area (Å²) in [6.45, 7) is 4.34. The van der Waals surface area contributed by atoms with Crippen molar-refractivity contribution in [3.05, 3.63) is 0 Å². The molecule has 3 fully saturated rings. The molecule has 1 amide bonds. The fourth-order valence-electron chi connectivity index (χ4n) is 4.34. The summed E-state index contributed by atoms with van der Waals surface area (Å²) in [5, 5.41) is 4.11. The van der Waals surface area contributed by atoms with Crippen LogP contribution in [-0.4, -0.2) is 17.3 Å². The number of alkyl halides is 1. The van der Waals surface area contributed by atoms with Gasteiger partial charge in [0.05, 0.1) is 0 Å². The summed E-state index contributed by atoms with van der Waals surface area (Å²) < 4.78 is 0. The lowest BCUT2D eigenvalue weighted by atomic mass is 10.0. The molecular formula is C14H22BrNO. The van der Waals surface area contributed by atoms with Gasteiger partial charge >= 0.3 is 0 Å². The van der Waals surface area contributed by atoms with Crippen molar-refractivity contribution in [2.24, 2.45) is 35.5 Å². The lowest BCUT2D eigenvalue weighted by molar-refractivity contribution is -0.124. The highest BCUT2D eigenvalue weighted by atomic mass is 79.9. The van der Waals surface area contributed by atoms with Crippen LogP contribution in [0.25, 0.3) is 0 Å². The topological polar surface area (TPSA) is 29.1 Å². The van der Waals surface area contributed by atoms with Crippen molar-refractivity contribution in [2.45, 2.75) is 39.2 Å². The van der Waals surface area contributed by atoms with Crippen molar-refractivity contribution in [3.8, 4) is 0 Å². The lowest BCUT2D eigenvalue weighted by Crippen LogP contribution is -2.41. The number of amides is 1. The second kappa shape index (κ2) is 4.25. The molecule has 0 radical (unpaired) electrons. The van der Waals surface area contributed by atoms with Gasteiger partial charge in [0, 0.05) is 17.3 Å². The van der Waals surface area contributed by atoms with Crippen LogP contribution in [0.3, 0.4) is 0 Å². The molecule has 3 heteroatoms. The standard InChI is InChI=1S/C14H22BrNO/c1-7(2)10(6-15)16-14(17)13-11-8-3-4-9(5-8)12(11)13/h7-13H,3-6H2,1-2H3,(H,16,17). The molecule has 3 aliphatic carbocycles. The highest BCUT2D eigenvalue weighted by Crippen LogP contribution is 2.69. The molecule has 0 saturated heterocycles. The van der Waals surface area contributed by atoms with E-state index >= 15 is 0 Å². The molecule has 96 valence electrons. The van der Waals surface area contributed by atoms with Gasteiger partial charge in [-0.25, -0.2) is 0 Å². The predicted molar refractivity (Wildman–Crippen MR) is 71.9 cm³/mol. The summed E-state index contributed by atoms with van der Waals surface area (Å²) in [6.07, 6.45) is 4.20. The lowest BCUT2D eigenvalue weighted by Gasteiger charge is -2.21. The Morgan fingerprint density at radius 1 is 1.29 bits per heavy atom. The second-order valence-electron chi connectivity index (χ2n) is 6.53. The average Bonchev–Trinajstić information content (AvgIpc) is 2.75. The minimum Gasteiger partial charge on any atom is -0.352 e. The van der Waals surface area contributed by atoms with Crippen molar-refractivity contribution in [1.29, 1.82) is 0 Å². The predicted octanol–water partition coefficient (Wildman–Crippen LogP) is 2.81. The molecule has 0 spiro atoms. The van der Waals surface area contributed by atoms with E-state index in [4.69, 9.17) is 0 Å². The smallest absolute Gasteiger partial charge is 0.223 e. The summed E-state index contributed by atoms with van der Waals surface area (Å²) in [5.41, 5.74) is 0.